The second-order valence-electron chi connectivity index (χ2n) is 0.575. The summed E-state index contributed by atoms with van der Waals surface area (Å²) in [6.07, 6.45) is 0. The molecule has 0 heterocycles. The van der Waals surface area contributed by atoms with E-state index < -0.39 is 11.9 Å². The maximum absolute atomic E-state index is 8.93. The molecular formula is C2Ag2O4. The van der Waals surface area contributed by atoms with E-state index in [1.54, 1.807) is 0 Å². The number of rotatable bonds is 0. The van der Waals surface area contributed by atoms with Gasteiger partial charge in [0.25, 0.3) is 0 Å². The average molecular weight is 304 g/mol. The molecule has 0 fully saturated rings. The molecule has 0 saturated heterocycles. The molecule has 54 valence electrons. The second kappa shape index (κ2) is 7.42. The molecule has 0 N–H and O–H groups in total. The molecule has 4 nitrogen and oxygen atoms in total. The first-order valence-corrected chi connectivity index (χ1v) is 1.07. The zero-order valence-corrected chi connectivity index (χ0v) is 6.20. The largest absolute Gasteiger partial charge is 1.00 e. The Labute approximate surface area is 76.3 Å². The first-order valence-electron chi connectivity index (χ1n) is 1.07. The molecule has 0 rings (SSSR count). The Balaban J connectivity index is -0.000000125. The van der Waals surface area contributed by atoms with E-state index in [0.29, 0.717) is 0 Å². The topological polar surface area (TPSA) is 80.3 Å². The second-order valence-corrected chi connectivity index (χ2v) is 0.575. The number of hydrogen-bond donors (Lipinski definition) is 0. The van der Waals surface area contributed by atoms with Crippen LogP contribution in [-0.4, -0.2) is 11.9 Å². The molecule has 0 unspecified atom stereocenters. The third kappa shape index (κ3) is 9.65. The van der Waals surface area contributed by atoms with Gasteiger partial charge in [0.05, 0.1) is 11.9 Å². The van der Waals surface area contributed by atoms with Gasteiger partial charge < -0.3 is 19.8 Å². The number of aliphatic carboxylic acids is 2. The molecule has 0 aromatic rings. The van der Waals surface area contributed by atoms with Crippen molar-refractivity contribution in [2.75, 3.05) is 0 Å². The van der Waals surface area contributed by atoms with Gasteiger partial charge >= 0.3 is 44.8 Å². The Bertz CT molecular complexity index is 78.0. The molecule has 0 aliphatic heterocycles. The molecule has 0 aromatic carbocycles. The Hall–Kier alpha value is 0.421. The minimum atomic E-state index is -2.19. The van der Waals surface area contributed by atoms with Crippen LogP contribution in [0.15, 0.2) is 0 Å². The fraction of sp³-hybridized carbons (Fsp3) is 0. The molecule has 0 aromatic heterocycles. The summed E-state index contributed by atoms with van der Waals surface area (Å²) in [5, 5.41) is 17.9. The quantitative estimate of drug-likeness (QED) is 0.343. The van der Waals surface area contributed by atoms with Crippen molar-refractivity contribution in [1.82, 2.24) is 0 Å². The Morgan fingerprint density at radius 3 is 1.00 bits per heavy atom. The van der Waals surface area contributed by atoms with Crippen LogP contribution in [0.3, 0.4) is 0 Å². The summed E-state index contributed by atoms with van der Waals surface area (Å²) >= 11 is 0. The summed E-state index contributed by atoms with van der Waals surface area (Å²) in [5.74, 6) is -4.37. The third-order valence-corrected chi connectivity index (χ3v) is 0.167. The van der Waals surface area contributed by atoms with Crippen LogP contribution in [0, 0.1) is 0 Å². The minimum Gasteiger partial charge on any atom is -0.543 e. The zero-order chi connectivity index (χ0) is 5.15. The molecule has 0 aliphatic rings. The van der Waals surface area contributed by atoms with E-state index >= 15 is 0 Å². The smallest absolute Gasteiger partial charge is 0.543 e. The van der Waals surface area contributed by atoms with Crippen molar-refractivity contribution in [1.29, 1.82) is 0 Å². The fourth-order valence-corrected chi connectivity index (χ4v) is 0. The van der Waals surface area contributed by atoms with Crippen LogP contribution in [0.1, 0.15) is 0 Å². The average Bonchev–Trinajstić information content (AvgIpc) is 1.36. The predicted octanol–water partition coefficient (Wildman–Crippen LogP) is -3.52. The van der Waals surface area contributed by atoms with Gasteiger partial charge in [-0.15, -0.1) is 0 Å². The van der Waals surface area contributed by atoms with Crippen molar-refractivity contribution in [3.63, 3.8) is 0 Å². The predicted molar refractivity (Wildman–Crippen MR) is 10.0 cm³/mol. The van der Waals surface area contributed by atoms with Gasteiger partial charge in [0, 0.05) is 0 Å². The number of carboxylic acid groups (broad SMARTS) is 2. The molecular weight excluding hydrogens is 304 g/mol. The normalized spacial score (nSPS) is 5.50. The van der Waals surface area contributed by atoms with E-state index in [0.717, 1.165) is 0 Å². The Morgan fingerprint density at radius 2 is 1.00 bits per heavy atom. The molecule has 0 aliphatic carbocycles. The van der Waals surface area contributed by atoms with Gasteiger partial charge in [0.15, 0.2) is 0 Å². The first-order chi connectivity index (χ1) is 2.64. The maximum Gasteiger partial charge on any atom is 1.00 e. The molecule has 0 saturated carbocycles. The maximum atomic E-state index is 8.93. The zero-order valence-electron chi connectivity index (χ0n) is 3.24. The number of hydrogen-bond acceptors (Lipinski definition) is 4. The van der Waals surface area contributed by atoms with Crippen LogP contribution in [-0.2, 0) is 54.3 Å². The van der Waals surface area contributed by atoms with Gasteiger partial charge in [-0.25, -0.2) is 0 Å². The van der Waals surface area contributed by atoms with Crippen LogP contribution in [0.2, 0.25) is 0 Å². The number of carbonyl (C=O) groups is 2. The van der Waals surface area contributed by atoms with E-state index in [9.17, 15) is 0 Å². The van der Waals surface area contributed by atoms with Crippen LogP contribution in [0.4, 0.5) is 0 Å². The summed E-state index contributed by atoms with van der Waals surface area (Å²) < 4.78 is 0. The molecule has 6 heteroatoms. The summed E-state index contributed by atoms with van der Waals surface area (Å²) in [7, 11) is 0. The summed E-state index contributed by atoms with van der Waals surface area (Å²) in [4.78, 5) is 17.9. The molecule has 8 heavy (non-hydrogen) atoms. The van der Waals surface area contributed by atoms with Crippen LogP contribution >= 0.6 is 0 Å². The van der Waals surface area contributed by atoms with Crippen molar-refractivity contribution in [2.45, 2.75) is 0 Å². The van der Waals surface area contributed by atoms with Gasteiger partial charge in [-0.05, 0) is 0 Å². The number of carbonyl (C=O) groups excluding carboxylic acids is 2. The van der Waals surface area contributed by atoms with E-state index in [-0.39, 0.29) is 44.8 Å². The third-order valence-electron chi connectivity index (χ3n) is 0.167. The standard InChI is InChI=1S/C2H2O4.2Ag/c3-1(4)2(5)6;;/h(H,3,4)(H,5,6);;/q;2*+1/p-2. The summed E-state index contributed by atoms with van der Waals surface area (Å²) in [6, 6.07) is 0. The fourth-order valence-electron chi connectivity index (χ4n) is 0. The van der Waals surface area contributed by atoms with E-state index in [1.807, 2.05) is 0 Å². The molecule has 0 spiro atoms. The Morgan fingerprint density at radius 1 is 0.875 bits per heavy atom. The molecule has 0 radical (unpaired) electrons. The van der Waals surface area contributed by atoms with E-state index in [1.165, 1.54) is 0 Å². The first kappa shape index (κ1) is 15.8. The van der Waals surface area contributed by atoms with Crippen LogP contribution in [0.25, 0.3) is 0 Å². The SMILES string of the molecule is O=C([O-])C(=O)[O-].[Ag+].[Ag+]. The van der Waals surface area contributed by atoms with Crippen molar-refractivity contribution >= 4 is 11.9 Å². The van der Waals surface area contributed by atoms with Gasteiger partial charge in [-0.2, -0.15) is 0 Å². The van der Waals surface area contributed by atoms with Gasteiger partial charge in [-0.1, -0.05) is 0 Å². The minimum absolute atomic E-state index is 0. The van der Waals surface area contributed by atoms with Crippen molar-refractivity contribution < 1.29 is 64.6 Å². The van der Waals surface area contributed by atoms with Gasteiger partial charge in [-0.3, -0.25) is 0 Å². The Kier molecular flexibility index (Phi) is 14.6. The van der Waals surface area contributed by atoms with Crippen LogP contribution in [0.5, 0.6) is 0 Å². The van der Waals surface area contributed by atoms with Crippen LogP contribution < -0.4 is 10.2 Å². The molecule has 0 atom stereocenters. The van der Waals surface area contributed by atoms with Crippen molar-refractivity contribution in [3.8, 4) is 0 Å². The summed E-state index contributed by atoms with van der Waals surface area (Å²) in [5.41, 5.74) is 0. The van der Waals surface area contributed by atoms with E-state index in [2.05, 4.69) is 0 Å². The van der Waals surface area contributed by atoms with E-state index in [4.69, 9.17) is 19.8 Å². The van der Waals surface area contributed by atoms with Gasteiger partial charge in [0.1, 0.15) is 0 Å². The van der Waals surface area contributed by atoms with Gasteiger partial charge in [0.2, 0.25) is 0 Å². The summed E-state index contributed by atoms with van der Waals surface area (Å²) in [6.45, 7) is 0. The molecule has 0 bridgehead atoms. The monoisotopic (exact) mass is 302 g/mol. The van der Waals surface area contributed by atoms with Crippen molar-refractivity contribution in [2.24, 2.45) is 0 Å². The molecule has 0 amide bonds. The van der Waals surface area contributed by atoms with Crippen molar-refractivity contribution in [3.05, 3.63) is 0 Å². The number of carboxylic acids is 2.